The molecule has 0 saturated carbocycles. The molecule has 0 aromatic carbocycles. The predicted octanol–water partition coefficient (Wildman–Crippen LogP) is 0.827. The third-order valence-corrected chi connectivity index (χ3v) is 2.96. The number of rotatable bonds is 3. The van der Waals surface area contributed by atoms with E-state index in [1.165, 1.54) is 19.3 Å². The van der Waals surface area contributed by atoms with Crippen LogP contribution in [0.25, 0.3) is 0 Å². The van der Waals surface area contributed by atoms with Crippen molar-refractivity contribution >= 4 is 0 Å². The summed E-state index contributed by atoms with van der Waals surface area (Å²) >= 11 is 0. The van der Waals surface area contributed by atoms with Crippen molar-refractivity contribution in [2.45, 2.75) is 50.5 Å². The van der Waals surface area contributed by atoms with E-state index in [-0.39, 0.29) is 0 Å². The highest BCUT2D eigenvalue weighted by molar-refractivity contribution is 5.01. The Morgan fingerprint density at radius 2 is 2.42 bits per heavy atom. The van der Waals surface area contributed by atoms with Gasteiger partial charge in [-0.15, -0.1) is 0 Å². The lowest BCUT2D eigenvalue weighted by Gasteiger charge is -2.21. The minimum Gasteiger partial charge on any atom is -0.310 e. The Bertz CT molecular complexity index is 161. The predicted molar refractivity (Wildman–Crippen MR) is 46.9 cm³/mol. The van der Waals surface area contributed by atoms with E-state index in [0.717, 1.165) is 0 Å². The molecular weight excluding hydrogens is 155 g/mol. The van der Waals surface area contributed by atoms with Crippen molar-refractivity contribution in [2.24, 2.45) is 0 Å². The summed E-state index contributed by atoms with van der Waals surface area (Å²) in [5.74, 6) is 0. The first kappa shape index (κ1) is 8.45. The normalized spacial score (nSPS) is 42.0. The molecule has 0 aromatic heterocycles. The third-order valence-electron chi connectivity index (χ3n) is 2.96. The Hall–Kier alpha value is -0.150. The molecule has 2 nitrogen and oxygen atoms in total. The molecule has 0 amide bonds. The standard InChI is InChI=1S/C9H17FN2/c1-6(10)5-11-9-4-7-2-3-8(9)12-7/h6-9,11-12H,2-5H2,1H3. The third kappa shape index (κ3) is 1.62. The van der Waals surface area contributed by atoms with Gasteiger partial charge >= 0.3 is 0 Å². The molecular formula is C9H17FN2. The highest BCUT2D eigenvalue weighted by Gasteiger charge is 2.38. The van der Waals surface area contributed by atoms with E-state index >= 15 is 0 Å². The molecule has 2 saturated heterocycles. The molecule has 4 atom stereocenters. The van der Waals surface area contributed by atoms with Gasteiger partial charge in [-0.3, -0.25) is 0 Å². The Kier molecular flexibility index (Phi) is 2.33. The maximum Gasteiger partial charge on any atom is 0.110 e. The molecule has 0 radical (unpaired) electrons. The average Bonchev–Trinajstić information content (AvgIpc) is 2.60. The zero-order valence-corrected chi connectivity index (χ0v) is 7.52. The maximum absolute atomic E-state index is 12.5. The van der Waals surface area contributed by atoms with Gasteiger partial charge in [0.05, 0.1) is 0 Å². The lowest BCUT2D eigenvalue weighted by molar-refractivity contribution is 0.312. The first-order chi connectivity index (χ1) is 5.75. The monoisotopic (exact) mass is 172 g/mol. The van der Waals surface area contributed by atoms with Crippen LogP contribution in [0.15, 0.2) is 0 Å². The molecule has 0 aliphatic carbocycles. The van der Waals surface area contributed by atoms with Crippen molar-refractivity contribution in [3.05, 3.63) is 0 Å². The Morgan fingerprint density at radius 3 is 2.92 bits per heavy atom. The van der Waals surface area contributed by atoms with Gasteiger partial charge < -0.3 is 10.6 Å². The van der Waals surface area contributed by atoms with E-state index < -0.39 is 6.17 Å². The first-order valence-corrected chi connectivity index (χ1v) is 4.89. The molecule has 2 bridgehead atoms. The van der Waals surface area contributed by atoms with Gasteiger partial charge in [-0.2, -0.15) is 0 Å². The van der Waals surface area contributed by atoms with Gasteiger partial charge in [-0.05, 0) is 26.2 Å². The summed E-state index contributed by atoms with van der Waals surface area (Å²) in [6.07, 6.45) is 3.05. The molecule has 2 rings (SSSR count). The molecule has 2 aliphatic heterocycles. The SMILES string of the molecule is CC(F)CNC1CC2CCC1N2. The van der Waals surface area contributed by atoms with Gasteiger partial charge in [0.1, 0.15) is 6.17 Å². The maximum atomic E-state index is 12.5. The highest BCUT2D eigenvalue weighted by atomic mass is 19.1. The van der Waals surface area contributed by atoms with Crippen LogP contribution in [0, 0.1) is 0 Å². The lowest BCUT2D eigenvalue weighted by atomic mass is 9.95. The molecule has 0 aromatic rings. The fourth-order valence-electron chi connectivity index (χ4n) is 2.36. The molecule has 4 unspecified atom stereocenters. The molecule has 2 heterocycles. The van der Waals surface area contributed by atoms with Crippen molar-refractivity contribution in [1.29, 1.82) is 0 Å². The number of alkyl halides is 1. The molecule has 3 heteroatoms. The van der Waals surface area contributed by atoms with Crippen LogP contribution in [0.2, 0.25) is 0 Å². The van der Waals surface area contributed by atoms with E-state index in [0.29, 0.717) is 24.7 Å². The van der Waals surface area contributed by atoms with Crippen LogP contribution in [0.4, 0.5) is 4.39 Å². The molecule has 0 spiro atoms. The zero-order valence-electron chi connectivity index (χ0n) is 7.52. The summed E-state index contributed by atoms with van der Waals surface area (Å²) in [7, 11) is 0. The number of fused-ring (bicyclic) bond motifs is 2. The minimum atomic E-state index is -0.718. The van der Waals surface area contributed by atoms with E-state index in [9.17, 15) is 4.39 Å². The van der Waals surface area contributed by atoms with Crippen LogP contribution in [0.5, 0.6) is 0 Å². The van der Waals surface area contributed by atoms with Crippen molar-refractivity contribution in [3.63, 3.8) is 0 Å². The van der Waals surface area contributed by atoms with Gasteiger partial charge in [-0.1, -0.05) is 0 Å². The van der Waals surface area contributed by atoms with Crippen molar-refractivity contribution < 1.29 is 4.39 Å². The number of hydrogen-bond donors (Lipinski definition) is 2. The first-order valence-electron chi connectivity index (χ1n) is 4.89. The van der Waals surface area contributed by atoms with Crippen LogP contribution in [-0.2, 0) is 0 Å². The second-order valence-corrected chi connectivity index (χ2v) is 4.08. The van der Waals surface area contributed by atoms with Crippen LogP contribution < -0.4 is 10.6 Å². The van der Waals surface area contributed by atoms with E-state index in [1.807, 2.05) is 0 Å². The Morgan fingerprint density at radius 1 is 1.58 bits per heavy atom. The van der Waals surface area contributed by atoms with E-state index in [1.54, 1.807) is 6.92 Å². The summed E-state index contributed by atoms with van der Waals surface area (Å²) in [6.45, 7) is 2.11. The molecule has 12 heavy (non-hydrogen) atoms. The largest absolute Gasteiger partial charge is 0.310 e. The molecule has 70 valence electrons. The summed E-state index contributed by atoms with van der Waals surface area (Å²) in [5, 5.41) is 6.79. The highest BCUT2D eigenvalue weighted by Crippen LogP contribution is 2.27. The quantitative estimate of drug-likeness (QED) is 0.659. The summed E-state index contributed by atoms with van der Waals surface area (Å²) in [5.41, 5.74) is 0. The van der Waals surface area contributed by atoms with E-state index in [4.69, 9.17) is 0 Å². The fourth-order valence-corrected chi connectivity index (χ4v) is 2.36. The summed E-state index contributed by atoms with van der Waals surface area (Å²) in [6, 6.07) is 1.86. The lowest BCUT2D eigenvalue weighted by Crippen LogP contribution is -2.41. The second kappa shape index (κ2) is 3.30. The van der Waals surface area contributed by atoms with Gasteiger partial charge in [0.15, 0.2) is 0 Å². The van der Waals surface area contributed by atoms with Crippen molar-refractivity contribution in [2.75, 3.05) is 6.54 Å². The fraction of sp³-hybridized carbons (Fsp3) is 1.00. The van der Waals surface area contributed by atoms with Crippen molar-refractivity contribution in [3.8, 4) is 0 Å². The van der Waals surface area contributed by atoms with Gasteiger partial charge in [-0.25, -0.2) is 4.39 Å². The van der Waals surface area contributed by atoms with E-state index in [2.05, 4.69) is 10.6 Å². The van der Waals surface area contributed by atoms with Crippen LogP contribution in [0.1, 0.15) is 26.2 Å². The van der Waals surface area contributed by atoms with Gasteiger partial charge in [0.25, 0.3) is 0 Å². The summed E-state index contributed by atoms with van der Waals surface area (Å²) in [4.78, 5) is 0. The average molecular weight is 172 g/mol. The topological polar surface area (TPSA) is 24.1 Å². The Labute approximate surface area is 72.9 Å². The Balaban J connectivity index is 1.76. The number of hydrogen-bond acceptors (Lipinski definition) is 2. The minimum absolute atomic E-state index is 0.509. The number of halogens is 1. The smallest absolute Gasteiger partial charge is 0.110 e. The molecule has 2 fully saturated rings. The van der Waals surface area contributed by atoms with Crippen LogP contribution in [-0.4, -0.2) is 30.8 Å². The van der Waals surface area contributed by atoms with Crippen LogP contribution >= 0.6 is 0 Å². The molecule has 2 aliphatic rings. The molecule has 2 N–H and O–H groups in total. The zero-order chi connectivity index (χ0) is 8.55. The van der Waals surface area contributed by atoms with Crippen LogP contribution in [0.3, 0.4) is 0 Å². The van der Waals surface area contributed by atoms with Gasteiger partial charge in [0, 0.05) is 24.7 Å². The van der Waals surface area contributed by atoms with Gasteiger partial charge in [0.2, 0.25) is 0 Å². The summed E-state index contributed by atoms with van der Waals surface area (Å²) < 4.78 is 12.5. The second-order valence-electron chi connectivity index (χ2n) is 4.08. The number of nitrogens with one attached hydrogen (secondary N) is 2. The van der Waals surface area contributed by atoms with Crippen molar-refractivity contribution in [1.82, 2.24) is 10.6 Å².